The zero-order valence-corrected chi connectivity index (χ0v) is 17.3. The number of anilines is 1. The Balaban J connectivity index is 1.81. The van der Waals surface area contributed by atoms with Gasteiger partial charge in [0, 0.05) is 29.9 Å². The number of amides is 1. The highest BCUT2D eigenvalue weighted by Crippen LogP contribution is 2.30. The van der Waals surface area contributed by atoms with Crippen molar-refractivity contribution in [3.63, 3.8) is 0 Å². The maximum absolute atomic E-state index is 12.5. The summed E-state index contributed by atoms with van der Waals surface area (Å²) < 4.78 is 2.00. The molecule has 0 saturated heterocycles. The number of carbonyl (C=O) groups is 1. The third kappa shape index (κ3) is 4.21. The Morgan fingerprint density at radius 2 is 2.00 bits per heavy atom. The largest absolute Gasteiger partial charge is 0.321 e. The summed E-state index contributed by atoms with van der Waals surface area (Å²) in [7, 11) is 0. The van der Waals surface area contributed by atoms with Crippen LogP contribution in [0, 0.1) is 25.2 Å². The molecule has 4 rings (SSSR count). The number of nitrogens with one attached hydrogen (secondary N) is 1. The fourth-order valence-electron chi connectivity index (χ4n) is 3.69. The number of rotatable bonds is 5. The van der Waals surface area contributed by atoms with Crippen LogP contribution < -0.4 is 5.32 Å². The monoisotopic (exact) mass is 407 g/mol. The molecule has 6 heteroatoms. The van der Waals surface area contributed by atoms with E-state index in [0.29, 0.717) is 23.5 Å². The summed E-state index contributed by atoms with van der Waals surface area (Å²) in [6.45, 7) is 4.46. The Labute approximate surface area is 180 Å². The highest BCUT2D eigenvalue weighted by Gasteiger charge is 2.19. The van der Waals surface area contributed by atoms with E-state index >= 15 is 0 Å². The van der Waals surface area contributed by atoms with Crippen molar-refractivity contribution in [2.45, 2.75) is 20.4 Å². The normalized spacial score (nSPS) is 11.0. The number of fused-ring (bicyclic) bond motifs is 1. The summed E-state index contributed by atoms with van der Waals surface area (Å²) in [6.07, 6.45) is 6.34. The highest BCUT2D eigenvalue weighted by molar-refractivity contribution is 6.02. The van der Waals surface area contributed by atoms with Gasteiger partial charge in [0.05, 0.1) is 23.1 Å². The van der Waals surface area contributed by atoms with Crippen LogP contribution in [0.2, 0.25) is 0 Å². The topological polar surface area (TPSA) is 83.6 Å². The lowest BCUT2D eigenvalue weighted by atomic mass is 10.1. The molecule has 1 aromatic carbocycles. The SMILES string of the molecule is Cc1cc(C)c2c(C#N)c(/C=C/C(=O)Nc3cccnc3)n(Cc3ccccc3)c2n1. The minimum atomic E-state index is -0.297. The van der Waals surface area contributed by atoms with E-state index in [0.717, 1.165) is 27.9 Å². The number of aryl methyl sites for hydroxylation is 2. The molecule has 0 fully saturated rings. The first-order valence-corrected chi connectivity index (χ1v) is 9.90. The Morgan fingerprint density at radius 1 is 1.19 bits per heavy atom. The summed E-state index contributed by atoms with van der Waals surface area (Å²) in [4.78, 5) is 21.2. The van der Waals surface area contributed by atoms with E-state index in [4.69, 9.17) is 4.98 Å². The fraction of sp³-hybridized carbons (Fsp3) is 0.120. The van der Waals surface area contributed by atoms with Gasteiger partial charge >= 0.3 is 0 Å². The summed E-state index contributed by atoms with van der Waals surface area (Å²) in [5, 5.41) is 13.5. The number of carbonyl (C=O) groups excluding carboxylic acids is 1. The predicted molar refractivity (Wildman–Crippen MR) is 121 cm³/mol. The quantitative estimate of drug-likeness (QED) is 0.489. The summed E-state index contributed by atoms with van der Waals surface area (Å²) >= 11 is 0. The maximum atomic E-state index is 12.5. The molecule has 0 atom stereocenters. The first kappa shape index (κ1) is 20.0. The summed E-state index contributed by atoms with van der Waals surface area (Å²) in [5.74, 6) is -0.297. The number of benzene rings is 1. The second-order valence-electron chi connectivity index (χ2n) is 7.29. The Morgan fingerprint density at radius 3 is 2.71 bits per heavy atom. The Kier molecular flexibility index (Phi) is 5.59. The molecule has 0 unspecified atom stereocenters. The van der Waals surface area contributed by atoms with E-state index in [2.05, 4.69) is 16.4 Å². The van der Waals surface area contributed by atoms with Crippen LogP contribution in [-0.4, -0.2) is 20.4 Å². The molecule has 6 nitrogen and oxygen atoms in total. The van der Waals surface area contributed by atoms with Crippen LogP contribution in [0.15, 0.2) is 67.0 Å². The molecule has 3 aromatic heterocycles. The molecule has 0 radical (unpaired) electrons. The zero-order valence-electron chi connectivity index (χ0n) is 17.3. The number of nitriles is 1. The molecule has 0 saturated carbocycles. The van der Waals surface area contributed by atoms with Gasteiger partial charge in [-0.25, -0.2) is 4.98 Å². The first-order valence-electron chi connectivity index (χ1n) is 9.90. The Bertz CT molecular complexity index is 1320. The van der Waals surface area contributed by atoms with Gasteiger partial charge in [-0.15, -0.1) is 0 Å². The number of pyridine rings is 2. The van der Waals surface area contributed by atoms with Gasteiger partial charge in [0.15, 0.2) is 0 Å². The molecule has 0 aliphatic rings. The van der Waals surface area contributed by atoms with Crippen molar-refractivity contribution in [1.82, 2.24) is 14.5 Å². The number of hydrogen-bond donors (Lipinski definition) is 1. The molecule has 0 aliphatic heterocycles. The molecule has 1 N–H and O–H groups in total. The molecular weight excluding hydrogens is 386 g/mol. The average molecular weight is 407 g/mol. The lowest BCUT2D eigenvalue weighted by Gasteiger charge is -2.09. The van der Waals surface area contributed by atoms with Crippen LogP contribution >= 0.6 is 0 Å². The Hall–Kier alpha value is -4.24. The van der Waals surface area contributed by atoms with Gasteiger partial charge in [-0.2, -0.15) is 5.26 Å². The maximum Gasteiger partial charge on any atom is 0.248 e. The van der Waals surface area contributed by atoms with Crippen LogP contribution in [0.4, 0.5) is 5.69 Å². The van der Waals surface area contributed by atoms with Gasteiger partial charge < -0.3 is 9.88 Å². The van der Waals surface area contributed by atoms with Gasteiger partial charge in [-0.1, -0.05) is 30.3 Å². The summed E-state index contributed by atoms with van der Waals surface area (Å²) in [5.41, 5.74) is 5.47. The van der Waals surface area contributed by atoms with Crippen LogP contribution in [0.3, 0.4) is 0 Å². The lowest BCUT2D eigenvalue weighted by molar-refractivity contribution is -0.111. The van der Waals surface area contributed by atoms with E-state index in [1.807, 2.05) is 54.8 Å². The molecule has 3 heterocycles. The van der Waals surface area contributed by atoms with Gasteiger partial charge in [0.2, 0.25) is 5.91 Å². The minimum Gasteiger partial charge on any atom is -0.321 e. The van der Waals surface area contributed by atoms with Crippen molar-refractivity contribution in [3.8, 4) is 6.07 Å². The zero-order chi connectivity index (χ0) is 21.8. The number of aromatic nitrogens is 3. The second-order valence-corrected chi connectivity index (χ2v) is 7.29. The molecule has 0 aliphatic carbocycles. The van der Waals surface area contributed by atoms with E-state index in [1.165, 1.54) is 6.08 Å². The highest BCUT2D eigenvalue weighted by atomic mass is 16.1. The van der Waals surface area contributed by atoms with Crippen molar-refractivity contribution in [1.29, 1.82) is 5.26 Å². The van der Waals surface area contributed by atoms with Crippen LogP contribution in [-0.2, 0) is 11.3 Å². The molecule has 0 bridgehead atoms. The standard InChI is InChI=1S/C25H21N5O/c1-17-13-18(2)28-25-24(17)21(14-26)22(30(25)16-19-7-4-3-5-8-19)10-11-23(31)29-20-9-6-12-27-15-20/h3-13,15H,16H2,1-2H3,(H,29,31)/b11-10+. The minimum absolute atomic E-state index is 0.297. The predicted octanol–water partition coefficient (Wildman–Crippen LogP) is 4.62. The third-order valence-electron chi connectivity index (χ3n) is 5.00. The molecular formula is C25H21N5O. The van der Waals surface area contributed by atoms with Crippen LogP contribution in [0.1, 0.15) is 28.1 Å². The van der Waals surface area contributed by atoms with Crippen LogP contribution in [0.25, 0.3) is 17.1 Å². The van der Waals surface area contributed by atoms with Crippen molar-refractivity contribution < 1.29 is 4.79 Å². The lowest BCUT2D eigenvalue weighted by Crippen LogP contribution is -2.08. The van der Waals surface area contributed by atoms with Crippen LogP contribution in [0.5, 0.6) is 0 Å². The number of nitrogens with zero attached hydrogens (tertiary/aromatic N) is 4. The van der Waals surface area contributed by atoms with E-state index < -0.39 is 0 Å². The smallest absolute Gasteiger partial charge is 0.248 e. The third-order valence-corrected chi connectivity index (χ3v) is 5.00. The van der Waals surface area contributed by atoms with Gasteiger partial charge in [0.25, 0.3) is 0 Å². The van der Waals surface area contributed by atoms with E-state index in [9.17, 15) is 10.1 Å². The van der Waals surface area contributed by atoms with Gasteiger partial charge in [-0.3, -0.25) is 9.78 Å². The first-order chi connectivity index (χ1) is 15.1. The molecule has 4 aromatic rings. The summed E-state index contributed by atoms with van der Waals surface area (Å²) in [6, 6.07) is 17.8. The van der Waals surface area contributed by atoms with Crippen molar-refractivity contribution in [2.75, 3.05) is 5.32 Å². The van der Waals surface area contributed by atoms with Gasteiger partial charge in [0.1, 0.15) is 11.7 Å². The molecule has 0 spiro atoms. The van der Waals surface area contributed by atoms with E-state index in [-0.39, 0.29) is 5.91 Å². The van der Waals surface area contributed by atoms with Crippen molar-refractivity contribution in [3.05, 3.63) is 95.1 Å². The average Bonchev–Trinajstić information content (AvgIpc) is 3.06. The molecule has 1 amide bonds. The molecule has 152 valence electrons. The van der Waals surface area contributed by atoms with E-state index in [1.54, 1.807) is 30.6 Å². The van der Waals surface area contributed by atoms with Crippen molar-refractivity contribution in [2.24, 2.45) is 0 Å². The second kappa shape index (κ2) is 8.64. The van der Waals surface area contributed by atoms with Crippen molar-refractivity contribution >= 4 is 28.7 Å². The number of hydrogen-bond acceptors (Lipinski definition) is 4. The molecule has 31 heavy (non-hydrogen) atoms. The fourth-order valence-corrected chi connectivity index (χ4v) is 3.69. The van der Waals surface area contributed by atoms with Gasteiger partial charge in [-0.05, 0) is 49.2 Å².